The van der Waals surface area contributed by atoms with E-state index in [1.807, 2.05) is 30.3 Å². The van der Waals surface area contributed by atoms with E-state index in [1.54, 1.807) is 6.92 Å². The second kappa shape index (κ2) is 5.71. The summed E-state index contributed by atoms with van der Waals surface area (Å²) in [5.74, 6) is -0.300. The number of halogens is 1. The lowest BCUT2D eigenvalue weighted by molar-refractivity contribution is -0.143. The molecule has 1 rings (SSSR count). The fourth-order valence-electron chi connectivity index (χ4n) is 1.00. The average Bonchev–Trinajstić information content (AvgIpc) is 2.26. The molecule has 1 unspecified atom stereocenters. The molecule has 1 aromatic carbocycles. The van der Waals surface area contributed by atoms with Crippen LogP contribution < -0.4 is 0 Å². The maximum Gasteiger partial charge on any atom is 0.324 e. The molecule has 0 aliphatic rings. The first-order valence-corrected chi connectivity index (χ1v) is 5.53. The van der Waals surface area contributed by atoms with E-state index in [9.17, 15) is 4.79 Å². The number of carbonyl (C=O) groups is 1. The Hall–Kier alpha value is -1.09. The van der Waals surface area contributed by atoms with Crippen molar-refractivity contribution in [1.29, 1.82) is 0 Å². The summed E-state index contributed by atoms with van der Waals surface area (Å²) >= 11 is 3.21. The Morgan fingerprint density at radius 3 is 2.60 bits per heavy atom. The van der Waals surface area contributed by atoms with Crippen LogP contribution >= 0.6 is 15.9 Å². The van der Waals surface area contributed by atoms with Crippen molar-refractivity contribution in [3.8, 4) is 0 Å². The maximum absolute atomic E-state index is 11.4. The molecule has 15 heavy (non-hydrogen) atoms. The number of carbonyl (C=O) groups excluding carboxylic acids is 1. The van der Waals surface area contributed by atoms with Gasteiger partial charge in [0.25, 0.3) is 0 Å². The van der Waals surface area contributed by atoms with Gasteiger partial charge < -0.3 is 4.74 Å². The topological polar surface area (TPSA) is 26.3 Å². The molecule has 0 N–H and O–H groups in total. The molecule has 0 bridgehead atoms. The lowest BCUT2D eigenvalue weighted by Gasteiger charge is -2.09. The molecule has 1 aromatic rings. The highest BCUT2D eigenvalue weighted by molar-refractivity contribution is 9.10. The molecule has 0 amide bonds. The van der Waals surface area contributed by atoms with Gasteiger partial charge in [0, 0.05) is 0 Å². The van der Waals surface area contributed by atoms with Crippen molar-refractivity contribution in [2.45, 2.75) is 18.4 Å². The molecule has 0 aromatic heterocycles. The Kier molecular flexibility index (Phi) is 4.56. The van der Waals surface area contributed by atoms with Crippen molar-refractivity contribution < 1.29 is 9.53 Å². The number of benzene rings is 1. The molecule has 3 heteroatoms. The van der Waals surface area contributed by atoms with Crippen LogP contribution in [0.5, 0.6) is 0 Å². The van der Waals surface area contributed by atoms with E-state index in [0.29, 0.717) is 6.61 Å². The summed E-state index contributed by atoms with van der Waals surface area (Å²) in [4.78, 5) is 11.0. The number of ether oxygens (including phenoxy) is 1. The molecular weight excluding hydrogens is 256 g/mol. The molecule has 80 valence electrons. The fraction of sp³-hybridized carbons (Fsp3) is 0.250. The monoisotopic (exact) mass is 268 g/mol. The third-order valence-electron chi connectivity index (χ3n) is 1.86. The normalized spacial score (nSPS) is 11.9. The summed E-state index contributed by atoms with van der Waals surface area (Å²) in [7, 11) is 0. The first-order valence-electron chi connectivity index (χ1n) is 4.61. The SMILES string of the molecule is C=C(C)C(Br)C(=O)OCc1ccccc1. The van der Waals surface area contributed by atoms with Crippen LogP contribution in [0, 0.1) is 0 Å². The number of alkyl halides is 1. The van der Waals surface area contributed by atoms with Crippen LogP contribution in [0.15, 0.2) is 42.5 Å². The Balaban J connectivity index is 2.44. The fourth-order valence-corrected chi connectivity index (χ4v) is 1.14. The van der Waals surface area contributed by atoms with Crippen molar-refractivity contribution >= 4 is 21.9 Å². The van der Waals surface area contributed by atoms with E-state index in [2.05, 4.69) is 22.5 Å². The smallest absolute Gasteiger partial charge is 0.324 e. The molecule has 0 spiro atoms. The van der Waals surface area contributed by atoms with E-state index in [4.69, 9.17) is 4.74 Å². The zero-order chi connectivity index (χ0) is 11.3. The molecule has 0 saturated carbocycles. The summed E-state index contributed by atoms with van der Waals surface area (Å²) in [5, 5.41) is 0. The molecule has 0 aliphatic heterocycles. The highest BCUT2D eigenvalue weighted by Gasteiger charge is 2.16. The number of hydrogen-bond donors (Lipinski definition) is 0. The van der Waals surface area contributed by atoms with Gasteiger partial charge in [-0.05, 0) is 12.5 Å². The van der Waals surface area contributed by atoms with Gasteiger partial charge in [0.1, 0.15) is 11.4 Å². The maximum atomic E-state index is 11.4. The van der Waals surface area contributed by atoms with E-state index in [0.717, 1.165) is 11.1 Å². The second-order valence-electron chi connectivity index (χ2n) is 3.30. The minimum Gasteiger partial charge on any atom is -0.460 e. The minimum atomic E-state index is -0.416. The predicted molar refractivity (Wildman–Crippen MR) is 63.8 cm³/mol. The highest BCUT2D eigenvalue weighted by atomic mass is 79.9. The third-order valence-corrected chi connectivity index (χ3v) is 3.02. The van der Waals surface area contributed by atoms with Gasteiger partial charge in [0.15, 0.2) is 0 Å². The number of hydrogen-bond acceptors (Lipinski definition) is 2. The molecule has 0 radical (unpaired) electrons. The van der Waals surface area contributed by atoms with Gasteiger partial charge in [0.2, 0.25) is 0 Å². The van der Waals surface area contributed by atoms with Gasteiger partial charge in [0.05, 0.1) is 0 Å². The molecule has 0 fully saturated rings. The van der Waals surface area contributed by atoms with Crippen LogP contribution in [-0.4, -0.2) is 10.8 Å². The summed E-state index contributed by atoms with van der Waals surface area (Å²) in [6.45, 7) is 5.77. The lowest BCUT2D eigenvalue weighted by atomic mass is 10.2. The van der Waals surface area contributed by atoms with Gasteiger partial charge in [-0.3, -0.25) is 4.79 Å². The van der Waals surface area contributed by atoms with Crippen molar-refractivity contribution in [3.05, 3.63) is 48.0 Å². The molecular formula is C12H13BrO2. The van der Waals surface area contributed by atoms with Gasteiger partial charge >= 0.3 is 5.97 Å². The lowest BCUT2D eigenvalue weighted by Crippen LogP contribution is -2.17. The first kappa shape index (κ1) is 12.0. The number of esters is 1. The van der Waals surface area contributed by atoms with Crippen molar-refractivity contribution in [2.75, 3.05) is 0 Å². The Morgan fingerprint density at radius 1 is 1.47 bits per heavy atom. The van der Waals surface area contributed by atoms with Crippen LogP contribution in [0.2, 0.25) is 0 Å². The zero-order valence-electron chi connectivity index (χ0n) is 8.57. The minimum absolute atomic E-state index is 0.300. The van der Waals surface area contributed by atoms with E-state index in [1.165, 1.54) is 0 Å². The zero-order valence-corrected chi connectivity index (χ0v) is 10.2. The van der Waals surface area contributed by atoms with Crippen LogP contribution in [0.1, 0.15) is 12.5 Å². The standard InChI is InChI=1S/C12H13BrO2/c1-9(2)11(13)12(14)15-8-10-6-4-3-5-7-10/h3-7,11H,1,8H2,2H3. The largest absolute Gasteiger partial charge is 0.460 e. The predicted octanol–water partition coefficient (Wildman–Crippen LogP) is 3.07. The summed E-state index contributed by atoms with van der Waals surface area (Å²) in [5.41, 5.74) is 1.72. The molecule has 0 aliphatic carbocycles. The second-order valence-corrected chi connectivity index (χ2v) is 4.22. The molecule has 0 saturated heterocycles. The van der Waals surface area contributed by atoms with Gasteiger partial charge in [-0.1, -0.05) is 58.4 Å². The Bertz CT molecular complexity index is 346. The van der Waals surface area contributed by atoms with E-state index >= 15 is 0 Å². The Morgan fingerprint density at radius 2 is 2.07 bits per heavy atom. The Labute approximate surface area is 98.1 Å². The summed E-state index contributed by atoms with van der Waals surface area (Å²) in [6, 6.07) is 9.57. The van der Waals surface area contributed by atoms with Gasteiger partial charge in [-0.2, -0.15) is 0 Å². The van der Waals surface area contributed by atoms with Crippen LogP contribution in [0.3, 0.4) is 0 Å². The highest BCUT2D eigenvalue weighted by Crippen LogP contribution is 2.12. The van der Waals surface area contributed by atoms with Crippen molar-refractivity contribution in [1.82, 2.24) is 0 Å². The summed E-state index contributed by atoms with van der Waals surface area (Å²) in [6.07, 6.45) is 0. The van der Waals surface area contributed by atoms with Crippen molar-refractivity contribution in [2.24, 2.45) is 0 Å². The summed E-state index contributed by atoms with van der Waals surface area (Å²) < 4.78 is 5.10. The van der Waals surface area contributed by atoms with Gasteiger partial charge in [-0.25, -0.2) is 0 Å². The van der Waals surface area contributed by atoms with Crippen LogP contribution in [-0.2, 0) is 16.1 Å². The average molecular weight is 269 g/mol. The number of rotatable bonds is 4. The molecule has 1 atom stereocenters. The van der Waals surface area contributed by atoms with Crippen LogP contribution in [0.4, 0.5) is 0 Å². The van der Waals surface area contributed by atoms with Crippen molar-refractivity contribution in [3.63, 3.8) is 0 Å². The van der Waals surface area contributed by atoms with Crippen LogP contribution in [0.25, 0.3) is 0 Å². The first-order chi connectivity index (χ1) is 7.11. The quantitative estimate of drug-likeness (QED) is 0.477. The molecule has 0 heterocycles. The van der Waals surface area contributed by atoms with E-state index in [-0.39, 0.29) is 5.97 Å². The third kappa shape index (κ3) is 3.88. The van der Waals surface area contributed by atoms with E-state index < -0.39 is 4.83 Å². The molecule has 2 nitrogen and oxygen atoms in total. The van der Waals surface area contributed by atoms with Gasteiger partial charge in [-0.15, -0.1) is 0 Å².